The molecule has 1 N–H and O–H groups in total. The minimum absolute atomic E-state index is 0.159. The number of rotatable bonds is 7. The van der Waals surface area contributed by atoms with Crippen LogP contribution in [0.2, 0.25) is 0 Å². The van der Waals surface area contributed by atoms with Crippen LogP contribution in [0.5, 0.6) is 0 Å². The molecule has 102 valence electrons. The lowest BCUT2D eigenvalue weighted by molar-refractivity contribution is 0.230. The average Bonchev–Trinajstić information content (AvgIpc) is 2.39. The minimum Gasteiger partial charge on any atom is -0.311 e. The Bertz CT molecular complexity index is 335. The lowest BCUT2D eigenvalue weighted by atomic mass is 9.97. The molecule has 0 aliphatic rings. The second kappa shape index (κ2) is 7.44. The third kappa shape index (κ3) is 4.03. The van der Waals surface area contributed by atoms with Gasteiger partial charge in [0.2, 0.25) is 0 Å². The van der Waals surface area contributed by atoms with Crippen molar-refractivity contribution in [2.75, 3.05) is 26.7 Å². The first-order valence-electron chi connectivity index (χ1n) is 6.63. The normalized spacial score (nSPS) is 14.8. The van der Waals surface area contributed by atoms with E-state index in [4.69, 9.17) is 0 Å². The smallest absolute Gasteiger partial charge is 0.141 e. The molecule has 0 amide bonds. The summed E-state index contributed by atoms with van der Waals surface area (Å²) in [5.41, 5.74) is 0.901. The highest BCUT2D eigenvalue weighted by atomic mass is 19.1. The van der Waals surface area contributed by atoms with Crippen LogP contribution in [-0.2, 0) is 0 Å². The van der Waals surface area contributed by atoms with E-state index in [-0.39, 0.29) is 11.9 Å². The molecule has 0 aromatic carbocycles. The van der Waals surface area contributed by atoms with Crippen molar-refractivity contribution in [3.8, 4) is 0 Å². The molecule has 1 rings (SSSR count). The van der Waals surface area contributed by atoms with E-state index in [2.05, 4.69) is 36.0 Å². The van der Waals surface area contributed by atoms with Gasteiger partial charge >= 0.3 is 0 Å². The first kappa shape index (κ1) is 15.1. The summed E-state index contributed by atoms with van der Waals surface area (Å²) in [4.78, 5) is 6.56. The van der Waals surface area contributed by atoms with Crippen LogP contribution in [-0.4, -0.2) is 36.6 Å². The summed E-state index contributed by atoms with van der Waals surface area (Å²) in [5, 5.41) is 3.28. The maximum atomic E-state index is 12.9. The molecule has 3 nitrogen and oxygen atoms in total. The summed E-state index contributed by atoms with van der Waals surface area (Å²) in [6, 6.07) is 3.39. The van der Waals surface area contributed by atoms with Crippen LogP contribution in [0.4, 0.5) is 4.39 Å². The Hall–Kier alpha value is -1.00. The predicted molar refractivity (Wildman–Crippen MR) is 72.9 cm³/mol. The summed E-state index contributed by atoms with van der Waals surface area (Å²) >= 11 is 0. The minimum atomic E-state index is -0.287. The maximum absolute atomic E-state index is 12.9. The molecule has 0 saturated heterocycles. The first-order chi connectivity index (χ1) is 8.62. The molecule has 0 bridgehead atoms. The summed E-state index contributed by atoms with van der Waals surface area (Å²) in [7, 11) is 1.93. The van der Waals surface area contributed by atoms with E-state index in [1.165, 1.54) is 12.3 Å². The van der Waals surface area contributed by atoms with Gasteiger partial charge in [-0.05, 0) is 38.2 Å². The molecule has 1 aromatic rings. The highest BCUT2D eigenvalue weighted by Crippen LogP contribution is 2.20. The van der Waals surface area contributed by atoms with E-state index >= 15 is 0 Å². The van der Waals surface area contributed by atoms with Gasteiger partial charge in [-0.25, -0.2) is 4.39 Å². The summed E-state index contributed by atoms with van der Waals surface area (Å²) < 4.78 is 12.9. The third-order valence-electron chi connectivity index (χ3n) is 3.39. The Morgan fingerprint density at radius 3 is 2.44 bits per heavy atom. The Morgan fingerprint density at radius 1 is 1.33 bits per heavy atom. The Balaban J connectivity index is 2.73. The Kier molecular flexibility index (Phi) is 6.22. The zero-order valence-electron chi connectivity index (χ0n) is 11.8. The fraction of sp³-hybridized carbons (Fsp3) is 0.643. The van der Waals surface area contributed by atoms with Crippen molar-refractivity contribution in [3.05, 3.63) is 29.8 Å². The molecule has 2 atom stereocenters. The summed E-state index contributed by atoms with van der Waals surface area (Å²) in [5.74, 6) is 0.137. The quantitative estimate of drug-likeness (QED) is 0.809. The summed E-state index contributed by atoms with van der Waals surface area (Å²) in [6.07, 6.45) is 1.28. The zero-order chi connectivity index (χ0) is 13.5. The fourth-order valence-corrected chi connectivity index (χ4v) is 2.29. The van der Waals surface area contributed by atoms with Crippen molar-refractivity contribution >= 4 is 0 Å². The van der Waals surface area contributed by atoms with Crippen LogP contribution >= 0.6 is 0 Å². The molecule has 0 spiro atoms. The first-order valence-corrected chi connectivity index (χ1v) is 6.63. The van der Waals surface area contributed by atoms with Gasteiger partial charge in [-0.2, -0.15) is 0 Å². The van der Waals surface area contributed by atoms with Gasteiger partial charge in [-0.15, -0.1) is 0 Å². The number of nitrogens with one attached hydrogen (secondary N) is 1. The van der Waals surface area contributed by atoms with Crippen molar-refractivity contribution in [3.63, 3.8) is 0 Å². The lowest BCUT2D eigenvalue weighted by Crippen LogP contribution is -2.35. The van der Waals surface area contributed by atoms with Gasteiger partial charge in [-0.3, -0.25) is 4.98 Å². The van der Waals surface area contributed by atoms with E-state index in [0.29, 0.717) is 5.92 Å². The van der Waals surface area contributed by atoms with E-state index < -0.39 is 0 Å². The van der Waals surface area contributed by atoms with E-state index in [1.807, 2.05) is 7.05 Å². The van der Waals surface area contributed by atoms with Crippen molar-refractivity contribution < 1.29 is 4.39 Å². The van der Waals surface area contributed by atoms with Crippen molar-refractivity contribution in [1.82, 2.24) is 15.2 Å². The van der Waals surface area contributed by atoms with Gasteiger partial charge in [0.1, 0.15) is 5.82 Å². The van der Waals surface area contributed by atoms with E-state index in [1.54, 1.807) is 6.07 Å². The number of pyridine rings is 1. The number of aromatic nitrogens is 1. The van der Waals surface area contributed by atoms with Crippen molar-refractivity contribution in [1.29, 1.82) is 0 Å². The fourth-order valence-electron chi connectivity index (χ4n) is 2.29. The van der Waals surface area contributed by atoms with Crippen LogP contribution in [0, 0.1) is 11.7 Å². The molecule has 0 fully saturated rings. The molecule has 1 heterocycles. The molecule has 0 aliphatic carbocycles. The largest absolute Gasteiger partial charge is 0.311 e. The zero-order valence-corrected chi connectivity index (χ0v) is 11.8. The molecular formula is C14H24FN3. The van der Waals surface area contributed by atoms with Crippen LogP contribution < -0.4 is 5.32 Å². The molecule has 4 heteroatoms. The van der Waals surface area contributed by atoms with Crippen LogP contribution in [0.1, 0.15) is 32.5 Å². The molecule has 1 aromatic heterocycles. The van der Waals surface area contributed by atoms with Gasteiger partial charge in [0.25, 0.3) is 0 Å². The lowest BCUT2D eigenvalue weighted by Gasteiger charge is -2.28. The number of hydrogen-bond donors (Lipinski definition) is 1. The monoisotopic (exact) mass is 253 g/mol. The maximum Gasteiger partial charge on any atom is 0.141 e. The van der Waals surface area contributed by atoms with Gasteiger partial charge in [0.15, 0.2) is 0 Å². The molecular weight excluding hydrogens is 229 g/mol. The standard InChI is InChI=1S/C14H24FN3/c1-5-18(6-2)10-11(3)14(16-4)13-8-7-12(15)9-17-13/h7-9,11,14,16H,5-6,10H2,1-4H3. The molecule has 2 unspecified atom stereocenters. The average molecular weight is 253 g/mol. The van der Waals surface area contributed by atoms with Gasteiger partial charge in [0, 0.05) is 6.54 Å². The second-order valence-corrected chi connectivity index (χ2v) is 4.63. The molecule has 0 radical (unpaired) electrons. The number of hydrogen-bond acceptors (Lipinski definition) is 3. The van der Waals surface area contributed by atoms with Crippen molar-refractivity contribution in [2.24, 2.45) is 5.92 Å². The van der Waals surface area contributed by atoms with Gasteiger partial charge in [-0.1, -0.05) is 20.8 Å². The number of nitrogens with zero attached hydrogens (tertiary/aromatic N) is 2. The summed E-state index contributed by atoms with van der Waals surface area (Å²) in [6.45, 7) is 9.64. The van der Waals surface area contributed by atoms with Crippen molar-refractivity contribution in [2.45, 2.75) is 26.8 Å². The second-order valence-electron chi connectivity index (χ2n) is 4.63. The number of halogens is 1. The Labute approximate surface area is 109 Å². The van der Waals surface area contributed by atoms with Crippen LogP contribution in [0.25, 0.3) is 0 Å². The SMILES string of the molecule is CCN(CC)CC(C)C(NC)c1ccc(F)cn1. The third-order valence-corrected chi connectivity index (χ3v) is 3.39. The van der Waals surface area contributed by atoms with Crippen LogP contribution in [0.15, 0.2) is 18.3 Å². The predicted octanol–water partition coefficient (Wildman–Crippen LogP) is 2.46. The van der Waals surface area contributed by atoms with E-state index in [9.17, 15) is 4.39 Å². The highest BCUT2D eigenvalue weighted by Gasteiger charge is 2.20. The molecule has 0 aliphatic heterocycles. The molecule has 0 saturated carbocycles. The Morgan fingerprint density at radius 2 is 2.00 bits per heavy atom. The van der Waals surface area contributed by atoms with Gasteiger partial charge in [0.05, 0.1) is 17.9 Å². The topological polar surface area (TPSA) is 28.2 Å². The van der Waals surface area contributed by atoms with Gasteiger partial charge < -0.3 is 10.2 Å². The van der Waals surface area contributed by atoms with E-state index in [0.717, 1.165) is 25.3 Å². The molecule has 18 heavy (non-hydrogen) atoms. The highest BCUT2D eigenvalue weighted by molar-refractivity contribution is 5.10. The van der Waals surface area contributed by atoms with Crippen LogP contribution in [0.3, 0.4) is 0 Å².